The van der Waals surface area contributed by atoms with Crippen molar-refractivity contribution < 1.29 is 19.4 Å². The predicted molar refractivity (Wildman–Crippen MR) is 79.4 cm³/mol. The number of hydrogen-bond donors (Lipinski definition) is 2. The first-order chi connectivity index (χ1) is 10.0. The van der Waals surface area contributed by atoms with E-state index in [2.05, 4.69) is 10.3 Å². The van der Waals surface area contributed by atoms with Gasteiger partial charge in [-0.1, -0.05) is 18.3 Å². The van der Waals surface area contributed by atoms with Crippen LogP contribution >= 0.6 is 11.3 Å². The molecule has 0 aliphatic rings. The normalized spacial score (nSPS) is 10.2. The number of aromatic nitrogens is 1. The zero-order valence-corrected chi connectivity index (χ0v) is 12.4. The van der Waals surface area contributed by atoms with Crippen molar-refractivity contribution >= 4 is 28.3 Å². The Morgan fingerprint density at radius 3 is 2.48 bits per heavy atom. The summed E-state index contributed by atoms with van der Waals surface area (Å²) in [6, 6.07) is 6.61. The second-order valence-electron chi connectivity index (χ2n) is 4.14. The number of anilines is 1. The van der Waals surface area contributed by atoms with Crippen LogP contribution in [0.4, 0.5) is 5.13 Å². The van der Waals surface area contributed by atoms with Crippen molar-refractivity contribution in [2.75, 3.05) is 12.4 Å². The van der Waals surface area contributed by atoms with Crippen LogP contribution in [0.15, 0.2) is 24.3 Å². The van der Waals surface area contributed by atoms with Gasteiger partial charge in [-0.3, -0.25) is 10.1 Å². The third kappa shape index (κ3) is 3.38. The van der Waals surface area contributed by atoms with Crippen LogP contribution < -0.4 is 10.1 Å². The molecule has 1 aromatic carbocycles. The summed E-state index contributed by atoms with van der Waals surface area (Å²) in [5.41, 5.74) is 0.915. The summed E-state index contributed by atoms with van der Waals surface area (Å²) in [4.78, 5) is 27.4. The predicted octanol–water partition coefficient (Wildman–Crippen LogP) is 2.66. The number of thiazole rings is 1. The smallest absolute Gasteiger partial charge is 0.347 e. The van der Waals surface area contributed by atoms with Crippen molar-refractivity contribution in [2.45, 2.75) is 13.3 Å². The Labute approximate surface area is 125 Å². The Morgan fingerprint density at radius 2 is 2.00 bits per heavy atom. The van der Waals surface area contributed by atoms with E-state index in [-0.39, 0.29) is 15.9 Å². The quantitative estimate of drug-likeness (QED) is 0.886. The van der Waals surface area contributed by atoms with E-state index in [1.807, 2.05) is 6.92 Å². The lowest BCUT2D eigenvalue weighted by Crippen LogP contribution is -2.11. The Kier molecular flexibility index (Phi) is 4.54. The fourth-order valence-corrected chi connectivity index (χ4v) is 2.61. The lowest BCUT2D eigenvalue weighted by atomic mass is 10.2. The molecule has 2 rings (SSSR count). The molecule has 0 saturated heterocycles. The average Bonchev–Trinajstić information content (AvgIpc) is 2.90. The van der Waals surface area contributed by atoms with Crippen LogP contribution in [0.2, 0.25) is 0 Å². The van der Waals surface area contributed by atoms with Crippen LogP contribution in [0.1, 0.15) is 32.6 Å². The molecule has 1 aromatic heterocycles. The minimum Gasteiger partial charge on any atom is -0.497 e. The first-order valence-corrected chi connectivity index (χ1v) is 7.05. The molecule has 21 heavy (non-hydrogen) atoms. The molecule has 6 nitrogen and oxygen atoms in total. The van der Waals surface area contributed by atoms with Gasteiger partial charge in [0.1, 0.15) is 10.6 Å². The highest BCUT2D eigenvalue weighted by atomic mass is 32.1. The van der Waals surface area contributed by atoms with Crippen molar-refractivity contribution in [1.82, 2.24) is 4.98 Å². The van der Waals surface area contributed by atoms with Gasteiger partial charge in [0, 0.05) is 5.56 Å². The molecule has 0 unspecified atom stereocenters. The minimum atomic E-state index is -1.03. The van der Waals surface area contributed by atoms with Gasteiger partial charge in [0.2, 0.25) is 0 Å². The third-order valence-corrected chi connectivity index (χ3v) is 3.80. The third-order valence-electron chi connectivity index (χ3n) is 2.80. The summed E-state index contributed by atoms with van der Waals surface area (Å²) < 4.78 is 5.02. The summed E-state index contributed by atoms with van der Waals surface area (Å²) in [7, 11) is 1.55. The van der Waals surface area contributed by atoms with Gasteiger partial charge in [-0.05, 0) is 30.7 Å². The zero-order chi connectivity index (χ0) is 15.4. The van der Waals surface area contributed by atoms with Crippen LogP contribution in [-0.4, -0.2) is 29.1 Å². The standard InChI is InChI=1S/C14H14N2O4S/c1-3-10-11(13(18)19)21-14(15-10)16-12(17)8-4-6-9(20-2)7-5-8/h4-7H,3H2,1-2H3,(H,18,19)(H,15,16,17). The number of hydrogen-bond acceptors (Lipinski definition) is 5. The topological polar surface area (TPSA) is 88.5 Å². The first-order valence-electron chi connectivity index (χ1n) is 6.23. The van der Waals surface area contributed by atoms with Gasteiger partial charge >= 0.3 is 5.97 Å². The van der Waals surface area contributed by atoms with Gasteiger partial charge in [-0.15, -0.1) is 0 Å². The number of methoxy groups -OCH3 is 1. The number of carboxylic acid groups (broad SMARTS) is 1. The molecule has 0 bridgehead atoms. The Bertz CT molecular complexity index is 664. The van der Waals surface area contributed by atoms with E-state index in [1.54, 1.807) is 31.4 Å². The molecule has 1 amide bonds. The molecule has 2 N–H and O–H groups in total. The van der Waals surface area contributed by atoms with Crippen LogP contribution in [-0.2, 0) is 6.42 Å². The van der Waals surface area contributed by atoms with Crippen LogP contribution in [0.5, 0.6) is 5.75 Å². The second-order valence-corrected chi connectivity index (χ2v) is 5.14. The number of amides is 1. The highest BCUT2D eigenvalue weighted by Crippen LogP contribution is 2.24. The van der Waals surface area contributed by atoms with E-state index < -0.39 is 5.97 Å². The Balaban J connectivity index is 2.17. The highest BCUT2D eigenvalue weighted by Gasteiger charge is 2.17. The van der Waals surface area contributed by atoms with Crippen LogP contribution in [0.3, 0.4) is 0 Å². The number of ether oxygens (including phenoxy) is 1. The molecular formula is C14H14N2O4S. The van der Waals surface area contributed by atoms with E-state index >= 15 is 0 Å². The van der Waals surface area contributed by atoms with Gasteiger partial charge in [0.05, 0.1) is 12.8 Å². The molecule has 0 radical (unpaired) electrons. The lowest BCUT2D eigenvalue weighted by Gasteiger charge is -2.03. The Hall–Kier alpha value is -2.41. The summed E-state index contributed by atoms with van der Waals surface area (Å²) in [5.74, 6) is -0.720. The minimum absolute atomic E-state index is 0.155. The summed E-state index contributed by atoms with van der Waals surface area (Å²) in [5, 5.41) is 12.0. The molecule has 0 atom stereocenters. The van der Waals surface area contributed by atoms with Gasteiger partial charge in [0.25, 0.3) is 5.91 Å². The number of aryl methyl sites for hydroxylation is 1. The number of nitrogens with zero attached hydrogens (tertiary/aromatic N) is 1. The summed E-state index contributed by atoms with van der Waals surface area (Å²) >= 11 is 0.956. The van der Waals surface area contributed by atoms with Crippen molar-refractivity contribution in [3.05, 3.63) is 40.4 Å². The van der Waals surface area contributed by atoms with E-state index in [0.717, 1.165) is 11.3 Å². The maximum absolute atomic E-state index is 12.1. The number of nitrogens with one attached hydrogen (secondary N) is 1. The summed E-state index contributed by atoms with van der Waals surface area (Å²) in [6.07, 6.45) is 0.497. The molecule has 0 spiro atoms. The number of rotatable bonds is 5. The SMILES string of the molecule is CCc1nc(NC(=O)c2ccc(OC)cc2)sc1C(=O)O. The van der Waals surface area contributed by atoms with Gasteiger partial charge < -0.3 is 9.84 Å². The number of carboxylic acids is 1. The monoisotopic (exact) mass is 306 g/mol. The molecule has 2 aromatic rings. The molecule has 110 valence electrons. The maximum Gasteiger partial charge on any atom is 0.347 e. The van der Waals surface area contributed by atoms with Crippen LogP contribution in [0, 0.1) is 0 Å². The molecule has 0 saturated carbocycles. The molecule has 0 aliphatic carbocycles. The summed E-state index contributed by atoms with van der Waals surface area (Å²) in [6.45, 7) is 1.82. The maximum atomic E-state index is 12.1. The molecule has 1 heterocycles. The Morgan fingerprint density at radius 1 is 1.33 bits per heavy atom. The van der Waals surface area contributed by atoms with E-state index in [9.17, 15) is 9.59 Å². The number of aromatic carboxylic acids is 1. The molecule has 0 fully saturated rings. The fraction of sp³-hybridized carbons (Fsp3) is 0.214. The van der Waals surface area contributed by atoms with Crippen LogP contribution in [0.25, 0.3) is 0 Å². The molecule has 0 aliphatic heterocycles. The number of benzene rings is 1. The van der Waals surface area contributed by atoms with Crippen molar-refractivity contribution in [2.24, 2.45) is 0 Å². The highest BCUT2D eigenvalue weighted by molar-refractivity contribution is 7.17. The largest absolute Gasteiger partial charge is 0.497 e. The van der Waals surface area contributed by atoms with E-state index in [0.29, 0.717) is 23.4 Å². The molecule has 7 heteroatoms. The number of carbonyl (C=O) groups is 2. The number of carbonyl (C=O) groups excluding carboxylic acids is 1. The van der Waals surface area contributed by atoms with Gasteiger partial charge in [-0.2, -0.15) is 0 Å². The van der Waals surface area contributed by atoms with E-state index in [1.165, 1.54) is 0 Å². The average molecular weight is 306 g/mol. The van der Waals surface area contributed by atoms with E-state index in [4.69, 9.17) is 9.84 Å². The second kappa shape index (κ2) is 6.36. The van der Waals surface area contributed by atoms with Crippen molar-refractivity contribution in [3.8, 4) is 5.75 Å². The first kappa shape index (κ1) is 15.0. The van der Waals surface area contributed by atoms with Crippen molar-refractivity contribution in [3.63, 3.8) is 0 Å². The zero-order valence-electron chi connectivity index (χ0n) is 11.5. The van der Waals surface area contributed by atoms with Gasteiger partial charge in [0.15, 0.2) is 5.13 Å². The van der Waals surface area contributed by atoms with Crippen molar-refractivity contribution in [1.29, 1.82) is 0 Å². The molecular weight excluding hydrogens is 292 g/mol. The van der Waals surface area contributed by atoms with Gasteiger partial charge in [-0.25, -0.2) is 9.78 Å². The lowest BCUT2D eigenvalue weighted by molar-refractivity contribution is 0.0700. The fourth-order valence-electron chi connectivity index (χ4n) is 1.72.